The normalized spacial score (nSPS) is 10.9. The highest BCUT2D eigenvalue weighted by Crippen LogP contribution is 2.13. The van der Waals surface area contributed by atoms with E-state index in [0.29, 0.717) is 0 Å². The average Bonchev–Trinajstić information content (AvgIpc) is 2.91. The highest BCUT2D eigenvalue weighted by Gasteiger charge is 2.04. The van der Waals surface area contributed by atoms with Crippen molar-refractivity contribution >= 4 is 11.3 Å². The van der Waals surface area contributed by atoms with Crippen LogP contribution in [0, 0.1) is 6.92 Å². The van der Waals surface area contributed by atoms with E-state index in [-0.39, 0.29) is 0 Å². The lowest BCUT2D eigenvalue weighted by Crippen LogP contribution is -2.18. The first-order valence-corrected chi connectivity index (χ1v) is 7.66. The molecule has 20 heavy (non-hydrogen) atoms. The predicted octanol–water partition coefficient (Wildman–Crippen LogP) is 2.37. The van der Waals surface area contributed by atoms with E-state index >= 15 is 0 Å². The lowest BCUT2D eigenvalue weighted by Gasteiger charge is -2.00. The van der Waals surface area contributed by atoms with Gasteiger partial charge in [-0.15, -0.1) is 21.5 Å². The Balaban J connectivity index is 1.76. The third-order valence-corrected chi connectivity index (χ3v) is 4.00. The first kappa shape index (κ1) is 15.1. The molecule has 0 saturated heterocycles. The summed E-state index contributed by atoms with van der Waals surface area (Å²) in [5.74, 6) is 0. The fourth-order valence-electron chi connectivity index (χ4n) is 1.84. The van der Waals surface area contributed by atoms with Crippen LogP contribution in [0.4, 0.5) is 0 Å². The van der Waals surface area contributed by atoms with Gasteiger partial charge in [0.05, 0.1) is 6.61 Å². The molecule has 0 spiro atoms. The zero-order valence-corrected chi connectivity index (χ0v) is 12.9. The van der Waals surface area contributed by atoms with Crippen LogP contribution in [0.5, 0.6) is 0 Å². The molecule has 2 aromatic rings. The Kier molecular flexibility index (Phi) is 6.11. The Hall–Kier alpha value is -1.30. The summed E-state index contributed by atoms with van der Waals surface area (Å²) in [6.07, 6.45) is 1.98. The van der Waals surface area contributed by atoms with Crippen molar-refractivity contribution in [2.75, 3.05) is 20.3 Å². The summed E-state index contributed by atoms with van der Waals surface area (Å²) in [6.45, 7) is 4.44. The smallest absolute Gasteiger partial charge is 0.131 e. The number of hydrogen-bond donors (Lipinski definition) is 1. The minimum atomic E-state index is 0.721. The zero-order chi connectivity index (χ0) is 14.2. The van der Waals surface area contributed by atoms with E-state index in [2.05, 4.69) is 46.7 Å². The van der Waals surface area contributed by atoms with Crippen LogP contribution in [-0.2, 0) is 24.1 Å². The highest BCUT2D eigenvalue weighted by molar-refractivity contribution is 7.11. The van der Waals surface area contributed by atoms with Crippen molar-refractivity contribution in [3.63, 3.8) is 0 Å². The van der Waals surface area contributed by atoms with Crippen LogP contribution in [0.25, 0.3) is 0 Å². The third kappa shape index (κ3) is 5.00. The van der Waals surface area contributed by atoms with Gasteiger partial charge in [0.1, 0.15) is 10.0 Å². The van der Waals surface area contributed by atoms with Crippen LogP contribution in [0.15, 0.2) is 24.3 Å². The summed E-state index contributed by atoms with van der Waals surface area (Å²) in [5, 5.41) is 13.9. The fraction of sp³-hybridized carbons (Fsp3) is 0.467. The van der Waals surface area contributed by atoms with E-state index in [9.17, 15) is 0 Å². The van der Waals surface area contributed by atoms with Gasteiger partial charge in [-0.25, -0.2) is 0 Å². The molecule has 1 heterocycles. The molecule has 0 unspecified atom stereocenters. The summed E-state index contributed by atoms with van der Waals surface area (Å²) >= 11 is 1.69. The number of benzene rings is 1. The second-order valence-electron chi connectivity index (χ2n) is 4.74. The second-order valence-corrected chi connectivity index (χ2v) is 5.89. The van der Waals surface area contributed by atoms with Gasteiger partial charge in [0.25, 0.3) is 0 Å². The lowest BCUT2D eigenvalue weighted by atomic mass is 10.1. The summed E-state index contributed by atoms with van der Waals surface area (Å²) < 4.78 is 4.99. The molecular weight excluding hydrogens is 270 g/mol. The molecule has 0 radical (unpaired) electrons. The summed E-state index contributed by atoms with van der Waals surface area (Å²) in [5.41, 5.74) is 2.65. The summed E-state index contributed by atoms with van der Waals surface area (Å²) in [6, 6.07) is 8.67. The molecule has 0 atom stereocenters. The topological polar surface area (TPSA) is 47.0 Å². The molecule has 4 nitrogen and oxygen atoms in total. The fourth-order valence-corrected chi connectivity index (χ4v) is 2.65. The van der Waals surface area contributed by atoms with Gasteiger partial charge in [0.2, 0.25) is 0 Å². The molecule has 0 bridgehead atoms. The van der Waals surface area contributed by atoms with Gasteiger partial charge in [0.15, 0.2) is 0 Å². The van der Waals surface area contributed by atoms with E-state index in [1.807, 2.05) is 0 Å². The average molecular weight is 291 g/mol. The Labute approximate surface area is 124 Å². The third-order valence-electron chi connectivity index (χ3n) is 3.02. The largest absolute Gasteiger partial charge is 0.383 e. The molecule has 108 valence electrons. The quantitative estimate of drug-likeness (QED) is 0.759. The van der Waals surface area contributed by atoms with E-state index in [0.717, 1.165) is 42.6 Å². The van der Waals surface area contributed by atoms with Gasteiger partial charge in [-0.1, -0.05) is 29.8 Å². The monoisotopic (exact) mass is 291 g/mol. The van der Waals surface area contributed by atoms with Crippen molar-refractivity contribution in [3.05, 3.63) is 45.4 Å². The van der Waals surface area contributed by atoms with E-state index < -0.39 is 0 Å². The summed E-state index contributed by atoms with van der Waals surface area (Å²) in [7, 11) is 1.70. The van der Waals surface area contributed by atoms with Crippen molar-refractivity contribution < 1.29 is 4.74 Å². The number of aryl methyl sites for hydroxylation is 3. The maximum atomic E-state index is 4.99. The molecule has 0 fully saturated rings. The number of hydrogen-bond acceptors (Lipinski definition) is 5. The first-order chi connectivity index (χ1) is 9.78. The van der Waals surface area contributed by atoms with Crippen molar-refractivity contribution in [2.24, 2.45) is 0 Å². The van der Waals surface area contributed by atoms with Crippen molar-refractivity contribution in [3.8, 4) is 0 Å². The Morgan fingerprint density at radius 1 is 1.10 bits per heavy atom. The number of rotatable bonds is 8. The van der Waals surface area contributed by atoms with Gasteiger partial charge >= 0.3 is 0 Å². The predicted molar refractivity (Wildman–Crippen MR) is 82.1 cm³/mol. The second kappa shape index (κ2) is 8.09. The summed E-state index contributed by atoms with van der Waals surface area (Å²) in [4.78, 5) is 0. The SMILES string of the molecule is COCCNCc1nnc(CCc2ccc(C)cc2)s1. The molecule has 0 aliphatic heterocycles. The van der Waals surface area contributed by atoms with Gasteiger partial charge in [-0.3, -0.25) is 0 Å². The van der Waals surface area contributed by atoms with Crippen LogP contribution in [0.3, 0.4) is 0 Å². The standard InChI is InChI=1S/C15H21N3OS/c1-12-3-5-13(6-4-12)7-8-14-17-18-15(20-14)11-16-9-10-19-2/h3-6,16H,7-11H2,1-2H3. The molecule has 1 aromatic heterocycles. The van der Waals surface area contributed by atoms with Crippen molar-refractivity contribution in [1.29, 1.82) is 0 Å². The maximum absolute atomic E-state index is 4.99. The number of methoxy groups -OCH3 is 1. The lowest BCUT2D eigenvalue weighted by molar-refractivity contribution is 0.199. The molecule has 1 aromatic carbocycles. The molecule has 5 heteroatoms. The Morgan fingerprint density at radius 3 is 2.60 bits per heavy atom. The van der Waals surface area contributed by atoms with E-state index in [1.54, 1.807) is 18.4 Å². The first-order valence-electron chi connectivity index (χ1n) is 6.84. The molecule has 0 saturated carbocycles. The minimum absolute atomic E-state index is 0.721. The van der Waals surface area contributed by atoms with Crippen LogP contribution >= 0.6 is 11.3 Å². The van der Waals surface area contributed by atoms with Crippen LogP contribution in [0.2, 0.25) is 0 Å². The van der Waals surface area contributed by atoms with E-state index in [4.69, 9.17) is 4.74 Å². The van der Waals surface area contributed by atoms with Crippen LogP contribution in [-0.4, -0.2) is 30.5 Å². The maximum Gasteiger partial charge on any atom is 0.131 e. The van der Waals surface area contributed by atoms with Gasteiger partial charge in [-0.2, -0.15) is 0 Å². The zero-order valence-electron chi connectivity index (χ0n) is 12.1. The van der Waals surface area contributed by atoms with Crippen molar-refractivity contribution in [2.45, 2.75) is 26.3 Å². The minimum Gasteiger partial charge on any atom is -0.383 e. The van der Waals surface area contributed by atoms with E-state index in [1.165, 1.54) is 11.1 Å². The number of nitrogens with one attached hydrogen (secondary N) is 1. The van der Waals surface area contributed by atoms with Crippen LogP contribution in [0.1, 0.15) is 21.1 Å². The molecule has 2 rings (SSSR count). The molecule has 1 N–H and O–H groups in total. The Morgan fingerprint density at radius 2 is 1.85 bits per heavy atom. The van der Waals surface area contributed by atoms with Crippen LogP contribution < -0.4 is 5.32 Å². The molecule has 0 amide bonds. The van der Waals surface area contributed by atoms with Gasteiger partial charge in [-0.05, 0) is 18.9 Å². The van der Waals surface area contributed by atoms with Crippen molar-refractivity contribution in [1.82, 2.24) is 15.5 Å². The Bertz CT molecular complexity index is 510. The highest BCUT2D eigenvalue weighted by atomic mass is 32.1. The number of ether oxygens (including phenoxy) is 1. The number of aromatic nitrogens is 2. The molecule has 0 aliphatic carbocycles. The van der Waals surface area contributed by atoms with Gasteiger partial charge < -0.3 is 10.1 Å². The molecular formula is C15H21N3OS. The van der Waals surface area contributed by atoms with Gasteiger partial charge in [0, 0.05) is 26.6 Å². The molecule has 0 aliphatic rings. The number of nitrogens with zero attached hydrogens (tertiary/aromatic N) is 2.